The van der Waals surface area contributed by atoms with E-state index in [0.717, 1.165) is 4.88 Å². The molecule has 0 aromatic carbocycles. The molecule has 0 atom stereocenters. The second kappa shape index (κ2) is 3.92. The van der Waals surface area contributed by atoms with Gasteiger partial charge in [0.15, 0.2) is 0 Å². The zero-order chi connectivity index (χ0) is 12.7. The minimum absolute atomic E-state index is 0.0183. The van der Waals surface area contributed by atoms with Gasteiger partial charge in [0.2, 0.25) is 5.78 Å². The highest BCUT2D eigenvalue weighted by atomic mass is 32.1. The number of hydrogen-bond donors (Lipinski definition) is 0. The first-order valence-corrected chi connectivity index (χ1v) is 6.78. The van der Waals surface area contributed by atoms with Gasteiger partial charge in [-0.2, -0.15) is 10.5 Å². The lowest BCUT2D eigenvalue weighted by atomic mass is 9.90. The third-order valence-corrected chi connectivity index (χ3v) is 4.60. The van der Waals surface area contributed by atoms with Crippen LogP contribution in [0.25, 0.3) is 5.57 Å². The van der Waals surface area contributed by atoms with E-state index in [2.05, 4.69) is 0 Å². The summed E-state index contributed by atoms with van der Waals surface area (Å²) in [5.74, 6) is -0.0183. The molecule has 3 rings (SSSR count). The number of carbonyl (C=O) groups excluding carboxylic acids is 1. The van der Waals surface area contributed by atoms with Crippen molar-refractivity contribution in [3.63, 3.8) is 0 Å². The Morgan fingerprint density at radius 1 is 1.00 bits per heavy atom. The van der Waals surface area contributed by atoms with Gasteiger partial charge in [0, 0.05) is 21.6 Å². The predicted octanol–water partition coefficient (Wildman–Crippen LogP) is 3.20. The molecule has 0 spiro atoms. The molecule has 0 radical (unpaired) electrons. The van der Waals surface area contributed by atoms with Crippen LogP contribution in [0.2, 0.25) is 0 Å². The van der Waals surface area contributed by atoms with Gasteiger partial charge in [0.05, 0.1) is 4.88 Å². The summed E-state index contributed by atoms with van der Waals surface area (Å²) in [7, 11) is 0. The van der Waals surface area contributed by atoms with Crippen LogP contribution < -0.4 is 0 Å². The van der Waals surface area contributed by atoms with Crippen LogP contribution in [0, 0.1) is 22.7 Å². The average Bonchev–Trinajstić information content (AvgIpc) is 3.03. The molecule has 18 heavy (non-hydrogen) atoms. The Morgan fingerprint density at radius 3 is 2.28 bits per heavy atom. The summed E-state index contributed by atoms with van der Waals surface area (Å²) in [6.45, 7) is 0. The lowest BCUT2D eigenvalue weighted by Gasteiger charge is -2.14. The number of rotatable bonds is 0. The third kappa shape index (κ3) is 1.29. The highest BCUT2D eigenvalue weighted by molar-refractivity contribution is 7.14. The smallest absolute Gasteiger partial charge is 0.205 e. The Bertz CT molecular complexity index is 718. The van der Waals surface area contributed by atoms with Crippen molar-refractivity contribution in [2.75, 3.05) is 0 Å². The van der Waals surface area contributed by atoms with Gasteiger partial charge in [0.25, 0.3) is 0 Å². The van der Waals surface area contributed by atoms with Crippen LogP contribution in [-0.2, 0) is 0 Å². The number of thiophene rings is 2. The van der Waals surface area contributed by atoms with Crippen molar-refractivity contribution in [3.8, 4) is 12.1 Å². The fraction of sp³-hybridized carbons (Fsp3) is 0. The van der Waals surface area contributed by atoms with Gasteiger partial charge >= 0.3 is 0 Å². The van der Waals surface area contributed by atoms with Crippen molar-refractivity contribution in [1.82, 2.24) is 0 Å². The van der Waals surface area contributed by atoms with E-state index >= 15 is 0 Å². The molecule has 0 unspecified atom stereocenters. The molecule has 0 fully saturated rings. The lowest BCUT2D eigenvalue weighted by Crippen LogP contribution is -2.10. The highest BCUT2D eigenvalue weighted by Gasteiger charge is 2.31. The van der Waals surface area contributed by atoms with Gasteiger partial charge in [-0.05, 0) is 22.9 Å². The fourth-order valence-corrected chi connectivity index (χ4v) is 3.81. The SMILES string of the molecule is N#CC(C#N)=C1c2ccsc2C(=O)c2ccsc21. The number of nitrogens with zero attached hydrogens (tertiary/aromatic N) is 2. The molecule has 3 nitrogen and oxygen atoms in total. The van der Waals surface area contributed by atoms with Crippen molar-refractivity contribution in [2.45, 2.75) is 0 Å². The van der Waals surface area contributed by atoms with E-state index in [9.17, 15) is 4.79 Å². The first-order valence-electron chi connectivity index (χ1n) is 5.03. The zero-order valence-corrected chi connectivity index (χ0v) is 10.6. The topological polar surface area (TPSA) is 64.7 Å². The molecule has 2 heterocycles. The summed E-state index contributed by atoms with van der Waals surface area (Å²) < 4.78 is 0. The molecule has 1 aliphatic rings. The Morgan fingerprint density at radius 2 is 1.61 bits per heavy atom. The minimum atomic E-state index is -0.0183. The van der Waals surface area contributed by atoms with Crippen LogP contribution in [0.5, 0.6) is 0 Å². The summed E-state index contributed by atoms with van der Waals surface area (Å²) in [6, 6.07) is 7.38. The quantitative estimate of drug-likeness (QED) is 0.588. The van der Waals surface area contributed by atoms with Crippen LogP contribution in [-0.4, -0.2) is 5.78 Å². The number of fused-ring (bicyclic) bond motifs is 2. The molecule has 1 aliphatic carbocycles. The molecule has 0 aliphatic heterocycles. The van der Waals surface area contributed by atoms with E-state index in [0.29, 0.717) is 21.6 Å². The van der Waals surface area contributed by atoms with Crippen molar-refractivity contribution in [1.29, 1.82) is 10.5 Å². The molecular weight excluding hydrogens is 264 g/mol. The molecule has 0 amide bonds. The molecule has 0 N–H and O–H groups in total. The summed E-state index contributed by atoms with van der Waals surface area (Å²) in [6.07, 6.45) is 0. The largest absolute Gasteiger partial charge is 0.288 e. The van der Waals surface area contributed by atoms with Gasteiger partial charge in [-0.15, -0.1) is 22.7 Å². The zero-order valence-electron chi connectivity index (χ0n) is 8.93. The maximum Gasteiger partial charge on any atom is 0.205 e. The molecule has 2 aromatic heterocycles. The van der Waals surface area contributed by atoms with E-state index in [-0.39, 0.29) is 11.4 Å². The first kappa shape index (κ1) is 10.9. The molecular formula is C13H4N2OS2. The van der Waals surface area contributed by atoms with E-state index in [1.807, 2.05) is 22.9 Å². The van der Waals surface area contributed by atoms with Crippen molar-refractivity contribution < 1.29 is 4.79 Å². The van der Waals surface area contributed by atoms with Gasteiger partial charge in [0.1, 0.15) is 17.7 Å². The van der Waals surface area contributed by atoms with Gasteiger partial charge in [-0.3, -0.25) is 4.79 Å². The number of allylic oxidation sites excluding steroid dienone is 1. The van der Waals surface area contributed by atoms with E-state index in [1.54, 1.807) is 12.1 Å². The summed E-state index contributed by atoms with van der Waals surface area (Å²) in [4.78, 5) is 13.5. The Labute approximate surface area is 111 Å². The Balaban J connectivity index is 2.45. The second-order valence-corrected chi connectivity index (χ2v) is 5.46. The molecule has 0 saturated heterocycles. The molecule has 2 aromatic rings. The third-order valence-electron chi connectivity index (χ3n) is 2.75. The van der Waals surface area contributed by atoms with Gasteiger partial charge < -0.3 is 0 Å². The number of ketones is 1. The highest BCUT2D eigenvalue weighted by Crippen LogP contribution is 2.42. The summed E-state index contributed by atoms with van der Waals surface area (Å²) >= 11 is 2.73. The van der Waals surface area contributed by atoms with Crippen LogP contribution in [0.4, 0.5) is 0 Å². The fourth-order valence-electron chi connectivity index (χ4n) is 1.99. The summed E-state index contributed by atoms with van der Waals surface area (Å²) in [5, 5.41) is 21.7. The van der Waals surface area contributed by atoms with Crippen LogP contribution in [0.15, 0.2) is 28.5 Å². The second-order valence-electron chi connectivity index (χ2n) is 3.63. The van der Waals surface area contributed by atoms with Crippen molar-refractivity contribution in [3.05, 3.63) is 49.3 Å². The first-order chi connectivity index (χ1) is 8.77. The molecule has 5 heteroatoms. The van der Waals surface area contributed by atoms with Crippen LogP contribution in [0.1, 0.15) is 25.7 Å². The normalized spacial score (nSPS) is 12.3. The molecule has 0 saturated carbocycles. The van der Waals surface area contributed by atoms with Gasteiger partial charge in [-0.25, -0.2) is 0 Å². The lowest BCUT2D eigenvalue weighted by molar-refractivity contribution is 0.104. The van der Waals surface area contributed by atoms with Crippen LogP contribution in [0.3, 0.4) is 0 Å². The maximum absolute atomic E-state index is 12.2. The number of nitriles is 2. The minimum Gasteiger partial charge on any atom is -0.288 e. The van der Waals surface area contributed by atoms with Crippen molar-refractivity contribution >= 4 is 34.0 Å². The van der Waals surface area contributed by atoms with E-state index in [4.69, 9.17) is 10.5 Å². The van der Waals surface area contributed by atoms with Gasteiger partial charge in [-0.1, -0.05) is 0 Å². The Kier molecular flexibility index (Phi) is 2.38. The average molecular weight is 268 g/mol. The van der Waals surface area contributed by atoms with E-state index in [1.165, 1.54) is 22.7 Å². The number of carbonyl (C=O) groups is 1. The van der Waals surface area contributed by atoms with Crippen LogP contribution >= 0.6 is 22.7 Å². The molecule has 84 valence electrons. The van der Waals surface area contributed by atoms with E-state index < -0.39 is 0 Å². The monoisotopic (exact) mass is 268 g/mol. The summed E-state index contributed by atoms with van der Waals surface area (Å²) in [5.41, 5.74) is 1.96. The maximum atomic E-state index is 12.2. The number of hydrogen-bond acceptors (Lipinski definition) is 5. The Hall–Kier alpha value is -2.21. The van der Waals surface area contributed by atoms with Crippen molar-refractivity contribution in [2.24, 2.45) is 0 Å². The molecule has 0 bridgehead atoms. The predicted molar refractivity (Wildman–Crippen MR) is 69.3 cm³/mol. The standard InChI is InChI=1S/C13H4N2OS2/c14-5-7(6-15)10-8-1-3-18-13(8)11(16)9-2-4-17-12(9)10/h1-4H.